The van der Waals surface area contributed by atoms with Crippen molar-refractivity contribution in [3.8, 4) is 0 Å². The van der Waals surface area contributed by atoms with Gasteiger partial charge in [0.15, 0.2) is 0 Å². The van der Waals surface area contributed by atoms with E-state index in [9.17, 15) is 13.2 Å². The van der Waals surface area contributed by atoms with Gasteiger partial charge in [-0.15, -0.1) is 0 Å². The Balaban J connectivity index is 1.90. The first-order valence-electron chi connectivity index (χ1n) is 6.43. The monoisotopic (exact) mass is 281 g/mol. The van der Waals surface area contributed by atoms with Crippen molar-refractivity contribution in [1.29, 1.82) is 0 Å². The Morgan fingerprint density at radius 3 is 2.60 bits per heavy atom. The summed E-state index contributed by atoms with van der Waals surface area (Å²) in [4.78, 5) is 6.25. The third-order valence-electron chi connectivity index (χ3n) is 3.53. The average molecular weight is 281 g/mol. The zero-order valence-electron chi connectivity index (χ0n) is 10.7. The van der Waals surface area contributed by atoms with Gasteiger partial charge in [0.2, 0.25) is 0 Å². The van der Waals surface area contributed by atoms with E-state index in [1.54, 1.807) is 0 Å². The zero-order valence-corrected chi connectivity index (χ0v) is 10.7. The normalized spacial score (nSPS) is 19.2. The van der Waals surface area contributed by atoms with Crippen LogP contribution in [0.3, 0.4) is 0 Å². The topological polar surface area (TPSA) is 27.6 Å². The van der Waals surface area contributed by atoms with Crippen LogP contribution >= 0.6 is 0 Å². The maximum atomic E-state index is 12.6. The molecular formula is C14H14F3N3. The summed E-state index contributed by atoms with van der Waals surface area (Å²) in [6.45, 7) is 2.10. The molecule has 0 saturated carbocycles. The first kappa shape index (κ1) is 13.2. The molecule has 0 radical (unpaired) electrons. The van der Waals surface area contributed by atoms with Crippen LogP contribution in [-0.4, -0.2) is 26.0 Å². The van der Waals surface area contributed by atoms with E-state index in [-0.39, 0.29) is 0 Å². The highest BCUT2D eigenvalue weighted by Gasteiger charge is 2.30. The molecule has 2 aliphatic rings. The number of anilines is 1. The molecule has 1 N–H and O–H groups in total. The largest absolute Gasteiger partial charge is 0.416 e. The minimum absolute atomic E-state index is 0.462. The molecule has 1 aromatic carbocycles. The van der Waals surface area contributed by atoms with Crippen LogP contribution in [0.15, 0.2) is 40.5 Å². The molecule has 0 atom stereocenters. The molecule has 2 aliphatic heterocycles. The van der Waals surface area contributed by atoms with Gasteiger partial charge in [0.05, 0.1) is 5.56 Å². The summed E-state index contributed by atoms with van der Waals surface area (Å²) in [5.74, 6) is 0. The van der Waals surface area contributed by atoms with Gasteiger partial charge in [-0.2, -0.15) is 13.2 Å². The highest BCUT2D eigenvalue weighted by atomic mass is 19.4. The molecule has 0 spiro atoms. The van der Waals surface area contributed by atoms with E-state index in [2.05, 4.69) is 10.3 Å². The molecule has 6 heteroatoms. The molecule has 0 saturated heterocycles. The number of aliphatic imine (C=N–C) groups is 1. The molecule has 0 bridgehead atoms. The molecule has 0 fully saturated rings. The molecular weight excluding hydrogens is 267 g/mol. The van der Waals surface area contributed by atoms with Crippen LogP contribution in [0.4, 0.5) is 18.9 Å². The van der Waals surface area contributed by atoms with Crippen LogP contribution in [0.2, 0.25) is 0 Å². The maximum Gasteiger partial charge on any atom is 0.416 e. The Morgan fingerprint density at radius 1 is 1.15 bits per heavy atom. The lowest BCUT2D eigenvalue weighted by atomic mass is 10.1. The van der Waals surface area contributed by atoms with Crippen molar-refractivity contribution in [3.63, 3.8) is 0 Å². The zero-order chi connectivity index (χ0) is 14.2. The van der Waals surface area contributed by atoms with E-state index < -0.39 is 11.7 Å². The highest BCUT2D eigenvalue weighted by molar-refractivity contribution is 5.83. The van der Waals surface area contributed by atoms with E-state index in [1.807, 2.05) is 11.1 Å². The van der Waals surface area contributed by atoms with Crippen molar-refractivity contribution in [1.82, 2.24) is 5.32 Å². The lowest BCUT2D eigenvalue weighted by Gasteiger charge is -2.33. The minimum Gasteiger partial charge on any atom is -0.325 e. The number of nitrogens with one attached hydrogen (secondary N) is 1. The van der Waals surface area contributed by atoms with E-state index in [0.29, 0.717) is 6.67 Å². The summed E-state index contributed by atoms with van der Waals surface area (Å²) in [6, 6.07) is 5.26. The Bertz CT molecular complexity index is 558. The molecule has 0 aliphatic carbocycles. The molecule has 1 aromatic rings. The number of halogens is 3. The maximum absolute atomic E-state index is 12.6. The summed E-state index contributed by atoms with van der Waals surface area (Å²) >= 11 is 0. The summed E-state index contributed by atoms with van der Waals surface area (Å²) in [5, 5.41) is 3.26. The molecule has 20 heavy (non-hydrogen) atoms. The van der Waals surface area contributed by atoms with Crippen molar-refractivity contribution >= 4 is 11.9 Å². The lowest BCUT2D eigenvalue weighted by molar-refractivity contribution is -0.137. The molecule has 0 aromatic heterocycles. The fourth-order valence-electron chi connectivity index (χ4n) is 2.51. The van der Waals surface area contributed by atoms with Crippen molar-refractivity contribution in [2.24, 2.45) is 4.99 Å². The second-order valence-electron chi connectivity index (χ2n) is 4.82. The summed E-state index contributed by atoms with van der Waals surface area (Å²) in [7, 11) is 0. The van der Waals surface area contributed by atoms with E-state index in [1.165, 1.54) is 12.1 Å². The van der Waals surface area contributed by atoms with E-state index in [0.717, 1.165) is 48.6 Å². The third-order valence-corrected chi connectivity index (χ3v) is 3.53. The Labute approximate surface area is 114 Å². The minimum atomic E-state index is -4.29. The van der Waals surface area contributed by atoms with Crippen LogP contribution in [0.5, 0.6) is 0 Å². The van der Waals surface area contributed by atoms with Gasteiger partial charge < -0.3 is 10.2 Å². The van der Waals surface area contributed by atoms with Crippen LogP contribution < -0.4 is 10.2 Å². The van der Waals surface area contributed by atoms with Gasteiger partial charge in [-0.05, 0) is 24.3 Å². The average Bonchev–Trinajstić information content (AvgIpc) is 2.46. The Morgan fingerprint density at radius 2 is 1.90 bits per heavy atom. The fourth-order valence-corrected chi connectivity index (χ4v) is 2.51. The van der Waals surface area contributed by atoms with Crippen LogP contribution in [-0.2, 0) is 6.18 Å². The van der Waals surface area contributed by atoms with Gasteiger partial charge in [0, 0.05) is 42.7 Å². The first-order chi connectivity index (χ1) is 9.55. The molecule has 0 unspecified atom stereocenters. The van der Waals surface area contributed by atoms with Crippen LogP contribution in [0.1, 0.15) is 12.0 Å². The van der Waals surface area contributed by atoms with Gasteiger partial charge in [0.1, 0.15) is 6.67 Å². The molecule has 2 heterocycles. The lowest BCUT2D eigenvalue weighted by Crippen LogP contribution is -2.36. The van der Waals surface area contributed by atoms with Gasteiger partial charge in [-0.3, -0.25) is 4.99 Å². The first-order valence-corrected chi connectivity index (χ1v) is 6.43. The Hall–Kier alpha value is -1.82. The van der Waals surface area contributed by atoms with Crippen molar-refractivity contribution in [3.05, 3.63) is 41.1 Å². The second kappa shape index (κ2) is 4.94. The number of benzene rings is 1. The highest BCUT2D eigenvalue weighted by Crippen LogP contribution is 2.32. The smallest absolute Gasteiger partial charge is 0.325 e. The second-order valence-corrected chi connectivity index (χ2v) is 4.82. The number of hydrogen-bond acceptors (Lipinski definition) is 3. The quantitative estimate of drug-likeness (QED) is 0.857. The van der Waals surface area contributed by atoms with E-state index >= 15 is 0 Å². The predicted molar refractivity (Wildman–Crippen MR) is 71.8 cm³/mol. The number of nitrogens with zero attached hydrogens (tertiary/aromatic N) is 2. The standard InChI is InChI=1S/C14H14F3N3/c15-14(16,17)11-1-3-12(4-2-11)20-9-19-8-10-7-18-6-5-13(10)20/h1-4,8,18H,5-7,9H2. The number of hydrogen-bond donors (Lipinski definition) is 1. The van der Waals surface area contributed by atoms with Gasteiger partial charge in [-0.1, -0.05) is 0 Å². The van der Waals surface area contributed by atoms with Crippen molar-refractivity contribution in [2.75, 3.05) is 24.7 Å². The molecule has 106 valence electrons. The van der Waals surface area contributed by atoms with Crippen molar-refractivity contribution < 1.29 is 13.2 Å². The third kappa shape index (κ3) is 2.43. The fraction of sp³-hybridized carbons (Fsp3) is 0.357. The summed E-state index contributed by atoms with van der Waals surface area (Å²) < 4.78 is 37.7. The van der Waals surface area contributed by atoms with E-state index in [4.69, 9.17) is 0 Å². The summed E-state index contributed by atoms with van der Waals surface area (Å²) in [5.41, 5.74) is 2.39. The van der Waals surface area contributed by atoms with Gasteiger partial charge >= 0.3 is 6.18 Å². The Kier molecular flexibility index (Phi) is 3.25. The molecule has 0 amide bonds. The van der Waals surface area contributed by atoms with Crippen LogP contribution in [0.25, 0.3) is 0 Å². The number of rotatable bonds is 1. The van der Waals surface area contributed by atoms with Gasteiger partial charge in [0.25, 0.3) is 0 Å². The molecule has 3 rings (SSSR count). The summed E-state index contributed by atoms with van der Waals surface area (Å²) in [6.07, 6.45) is -1.58. The predicted octanol–water partition coefficient (Wildman–Crippen LogP) is 2.80. The molecule has 3 nitrogen and oxygen atoms in total. The van der Waals surface area contributed by atoms with Crippen molar-refractivity contribution in [2.45, 2.75) is 12.6 Å². The SMILES string of the molecule is FC(F)(F)c1ccc(N2CN=CC3=C2CCNC3)cc1. The van der Waals surface area contributed by atoms with Crippen LogP contribution in [0, 0.1) is 0 Å². The van der Waals surface area contributed by atoms with Gasteiger partial charge in [-0.25, -0.2) is 0 Å². The number of alkyl halides is 3.